The Morgan fingerprint density at radius 3 is 2.85 bits per heavy atom. The highest BCUT2D eigenvalue weighted by Crippen LogP contribution is 2.15. The monoisotopic (exact) mass is 477 g/mol. The maximum absolute atomic E-state index is 5.56. The van der Waals surface area contributed by atoms with Crippen molar-refractivity contribution < 1.29 is 9.47 Å². The fourth-order valence-corrected chi connectivity index (χ4v) is 2.65. The van der Waals surface area contributed by atoms with E-state index in [-0.39, 0.29) is 24.0 Å². The van der Waals surface area contributed by atoms with Crippen LogP contribution in [-0.2, 0) is 11.3 Å². The first-order chi connectivity index (χ1) is 12.3. The zero-order valence-corrected chi connectivity index (χ0v) is 18.2. The molecule has 0 atom stereocenters. The summed E-state index contributed by atoms with van der Waals surface area (Å²) in [6.07, 6.45) is 2.83. The Balaban J connectivity index is 0.00000338. The number of nitrogens with zero attached hydrogens (tertiary/aromatic N) is 3. The zero-order valence-electron chi connectivity index (χ0n) is 15.9. The van der Waals surface area contributed by atoms with Crippen LogP contribution >= 0.6 is 24.0 Å². The molecule has 2 rings (SSSR count). The maximum Gasteiger partial charge on any atom is 0.218 e. The van der Waals surface area contributed by atoms with Gasteiger partial charge in [-0.3, -0.25) is 4.90 Å². The van der Waals surface area contributed by atoms with Gasteiger partial charge < -0.3 is 20.1 Å². The summed E-state index contributed by atoms with van der Waals surface area (Å²) in [4.78, 5) is 11.4. The molecule has 0 amide bonds. The molecular weight excluding hydrogens is 445 g/mol. The van der Waals surface area contributed by atoms with Gasteiger partial charge in [-0.15, -0.1) is 24.0 Å². The SMILES string of the molecule is CCNC(=NCc1cccnc1OCC)NCCCN1CCOCC1.I. The fraction of sp³-hybridized carbons (Fsp3) is 0.667. The number of nitrogens with one attached hydrogen (secondary N) is 2. The lowest BCUT2D eigenvalue weighted by molar-refractivity contribution is 0.0376. The predicted molar refractivity (Wildman–Crippen MR) is 116 cm³/mol. The summed E-state index contributed by atoms with van der Waals surface area (Å²) in [7, 11) is 0. The molecule has 0 unspecified atom stereocenters. The fourth-order valence-electron chi connectivity index (χ4n) is 2.65. The van der Waals surface area contributed by atoms with Crippen LogP contribution in [0.15, 0.2) is 23.3 Å². The molecule has 1 fully saturated rings. The van der Waals surface area contributed by atoms with Crippen LogP contribution in [0.2, 0.25) is 0 Å². The average Bonchev–Trinajstić information content (AvgIpc) is 2.65. The molecule has 1 saturated heterocycles. The molecular formula is C18H32IN5O2. The van der Waals surface area contributed by atoms with Gasteiger partial charge in [-0.2, -0.15) is 0 Å². The van der Waals surface area contributed by atoms with Gasteiger partial charge >= 0.3 is 0 Å². The van der Waals surface area contributed by atoms with Crippen LogP contribution < -0.4 is 15.4 Å². The van der Waals surface area contributed by atoms with Gasteiger partial charge in [-0.25, -0.2) is 9.98 Å². The van der Waals surface area contributed by atoms with E-state index in [2.05, 4.69) is 32.4 Å². The smallest absolute Gasteiger partial charge is 0.218 e. The Kier molecular flexibility index (Phi) is 12.3. The van der Waals surface area contributed by atoms with E-state index < -0.39 is 0 Å². The number of halogens is 1. The van der Waals surface area contributed by atoms with Gasteiger partial charge in [0.1, 0.15) is 0 Å². The number of aliphatic imine (C=N–C) groups is 1. The molecule has 1 aliphatic rings. The second-order valence-electron chi connectivity index (χ2n) is 5.83. The number of morpholine rings is 1. The van der Waals surface area contributed by atoms with E-state index >= 15 is 0 Å². The normalized spacial score (nSPS) is 15.2. The van der Waals surface area contributed by atoms with Gasteiger partial charge in [0.15, 0.2) is 5.96 Å². The van der Waals surface area contributed by atoms with Crippen molar-refractivity contribution in [1.29, 1.82) is 0 Å². The topological polar surface area (TPSA) is 71.0 Å². The van der Waals surface area contributed by atoms with Crippen LogP contribution in [0.3, 0.4) is 0 Å². The zero-order chi connectivity index (χ0) is 17.7. The van der Waals surface area contributed by atoms with Crippen molar-refractivity contribution in [1.82, 2.24) is 20.5 Å². The maximum atomic E-state index is 5.56. The van der Waals surface area contributed by atoms with Crippen LogP contribution in [0.5, 0.6) is 5.88 Å². The Morgan fingerprint density at radius 1 is 1.31 bits per heavy atom. The summed E-state index contributed by atoms with van der Waals surface area (Å²) in [5.41, 5.74) is 0.995. The van der Waals surface area contributed by atoms with Crippen LogP contribution in [0.25, 0.3) is 0 Å². The van der Waals surface area contributed by atoms with E-state index in [0.717, 1.165) is 63.9 Å². The van der Waals surface area contributed by atoms with Gasteiger partial charge in [-0.05, 0) is 32.9 Å². The second kappa shape index (κ2) is 14.0. The van der Waals surface area contributed by atoms with Crippen molar-refractivity contribution in [3.63, 3.8) is 0 Å². The number of ether oxygens (including phenoxy) is 2. The standard InChI is InChI=1S/C18H31N5O2.HI/c1-3-19-18(21-9-6-10-23-11-13-24-14-12-23)22-15-16-7-5-8-20-17(16)25-4-2;/h5,7-8H,3-4,6,9-15H2,1-2H3,(H2,19,21,22);1H. The molecule has 7 nitrogen and oxygen atoms in total. The summed E-state index contributed by atoms with van der Waals surface area (Å²) in [5, 5.41) is 6.69. The third kappa shape index (κ3) is 8.50. The molecule has 1 aromatic heterocycles. The van der Waals surface area contributed by atoms with Gasteiger partial charge in [0, 0.05) is 37.9 Å². The van der Waals surface area contributed by atoms with Crippen molar-refractivity contribution >= 4 is 29.9 Å². The Labute approximate surface area is 174 Å². The molecule has 2 N–H and O–H groups in total. The highest BCUT2D eigenvalue weighted by molar-refractivity contribution is 14.0. The molecule has 148 valence electrons. The number of hydrogen-bond acceptors (Lipinski definition) is 5. The van der Waals surface area contributed by atoms with Crippen LogP contribution in [0.1, 0.15) is 25.8 Å². The summed E-state index contributed by atoms with van der Waals surface area (Å²) in [6, 6.07) is 3.92. The molecule has 0 aliphatic carbocycles. The summed E-state index contributed by atoms with van der Waals surface area (Å²) in [6.45, 7) is 11.8. The van der Waals surface area contributed by atoms with E-state index in [1.54, 1.807) is 6.20 Å². The van der Waals surface area contributed by atoms with Crippen LogP contribution in [-0.4, -0.2) is 68.4 Å². The lowest BCUT2D eigenvalue weighted by Crippen LogP contribution is -2.40. The number of hydrogen-bond donors (Lipinski definition) is 2. The van der Waals surface area contributed by atoms with E-state index in [1.807, 2.05) is 19.1 Å². The van der Waals surface area contributed by atoms with Crippen LogP contribution in [0, 0.1) is 0 Å². The summed E-state index contributed by atoms with van der Waals surface area (Å²) < 4.78 is 10.9. The molecule has 1 aliphatic heterocycles. The average molecular weight is 477 g/mol. The third-order valence-corrected chi connectivity index (χ3v) is 3.93. The van der Waals surface area contributed by atoms with E-state index in [1.165, 1.54) is 0 Å². The quantitative estimate of drug-likeness (QED) is 0.245. The van der Waals surface area contributed by atoms with Gasteiger partial charge in [-0.1, -0.05) is 6.07 Å². The Bertz CT molecular complexity index is 524. The van der Waals surface area contributed by atoms with Gasteiger partial charge in [0.05, 0.1) is 26.4 Å². The molecule has 0 bridgehead atoms. The Hall–Kier alpha value is -1.13. The molecule has 2 heterocycles. The van der Waals surface area contributed by atoms with Crippen molar-refractivity contribution in [3.8, 4) is 5.88 Å². The first-order valence-electron chi connectivity index (χ1n) is 9.22. The number of rotatable bonds is 9. The van der Waals surface area contributed by atoms with Crippen molar-refractivity contribution in [2.75, 3.05) is 52.5 Å². The molecule has 0 saturated carbocycles. The molecule has 8 heteroatoms. The largest absolute Gasteiger partial charge is 0.478 e. The second-order valence-corrected chi connectivity index (χ2v) is 5.83. The first-order valence-corrected chi connectivity index (χ1v) is 9.22. The highest BCUT2D eigenvalue weighted by atomic mass is 127. The van der Waals surface area contributed by atoms with Crippen molar-refractivity contribution in [3.05, 3.63) is 23.9 Å². The third-order valence-electron chi connectivity index (χ3n) is 3.93. The van der Waals surface area contributed by atoms with E-state index in [0.29, 0.717) is 19.0 Å². The highest BCUT2D eigenvalue weighted by Gasteiger charge is 2.09. The molecule has 0 radical (unpaired) electrons. The van der Waals surface area contributed by atoms with Crippen molar-refractivity contribution in [2.24, 2.45) is 4.99 Å². The number of pyridine rings is 1. The summed E-state index contributed by atoms with van der Waals surface area (Å²) >= 11 is 0. The lowest BCUT2D eigenvalue weighted by atomic mass is 10.3. The number of aromatic nitrogens is 1. The van der Waals surface area contributed by atoms with Gasteiger partial charge in [0.25, 0.3) is 0 Å². The molecule has 1 aromatic rings. The minimum Gasteiger partial charge on any atom is -0.478 e. The minimum absolute atomic E-state index is 0. The molecule has 0 aromatic carbocycles. The molecule has 26 heavy (non-hydrogen) atoms. The first kappa shape index (κ1) is 22.9. The van der Waals surface area contributed by atoms with Gasteiger partial charge in [0.2, 0.25) is 5.88 Å². The molecule has 0 spiro atoms. The minimum atomic E-state index is 0. The number of guanidine groups is 1. The van der Waals surface area contributed by atoms with E-state index in [4.69, 9.17) is 9.47 Å². The lowest BCUT2D eigenvalue weighted by Gasteiger charge is -2.26. The van der Waals surface area contributed by atoms with E-state index in [9.17, 15) is 0 Å². The summed E-state index contributed by atoms with van der Waals surface area (Å²) in [5.74, 6) is 1.49. The Morgan fingerprint density at radius 2 is 2.12 bits per heavy atom. The predicted octanol–water partition coefficient (Wildman–Crippen LogP) is 1.88. The van der Waals surface area contributed by atoms with Crippen molar-refractivity contribution in [2.45, 2.75) is 26.8 Å². The van der Waals surface area contributed by atoms with Crippen LogP contribution in [0.4, 0.5) is 0 Å².